The van der Waals surface area contributed by atoms with E-state index in [0.717, 1.165) is 29.5 Å². The monoisotopic (exact) mass is 437 g/mol. The molecule has 0 radical (unpaired) electrons. The average Bonchev–Trinajstić information content (AvgIpc) is 3.21. The lowest BCUT2D eigenvalue weighted by atomic mass is 10.1. The molecule has 7 heteroatoms. The maximum atomic E-state index is 11.6. The second-order valence-electron chi connectivity index (χ2n) is 5.62. The van der Waals surface area contributed by atoms with Crippen molar-refractivity contribution < 1.29 is 8.42 Å². The summed E-state index contributed by atoms with van der Waals surface area (Å²) in [5.74, 6) is 1.58. The molecule has 0 heterocycles. The van der Waals surface area contributed by atoms with Gasteiger partial charge in [0.25, 0.3) is 0 Å². The van der Waals surface area contributed by atoms with Gasteiger partial charge in [0.1, 0.15) is 0 Å². The fourth-order valence-electron chi connectivity index (χ4n) is 2.21. The van der Waals surface area contributed by atoms with Gasteiger partial charge in [0.15, 0.2) is 15.8 Å². The Morgan fingerprint density at radius 2 is 2.00 bits per heavy atom. The molecule has 1 aliphatic carbocycles. The van der Waals surface area contributed by atoms with E-state index >= 15 is 0 Å². The van der Waals surface area contributed by atoms with Gasteiger partial charge in [0.2, 0.25) is 0 Å². The summed E-state index contributed by atoms with van der Waals surface area (Å²) in [5, 5.41) is 6.54. The third-order valence-corrected chi connectivity index (χ3v) is 4.83. The van der Waals surface area contributed by atoms with Crippen LogP contribution in [0.1, 0.15) is 24.0 Å². The minimum atomic E-state index is -3.15. The summed E-state index contributed by atoms with van der Waals surface area (Å²) in [7, 11) is -1.40. The standard InChI is InChI=1S/C15H23N3O2S.HI/c1-11-8-13(6-7-14(11)21(3,19)20)10-18-15(16-2)17-9-12-4-5-12;/h6-8,12H,4-5,9-10H2,1-3H3,(H2,16,17,18);1H. The number of benzene rings is 1. The first-order chi connectivity index (χ1) is 9.90. The third-order valence-electron chi connectivity index (χ3n) is 3.58. The quantitative estimate of drug-likeness (QED) is 0.421. The lowest BCUT2D eigenvalue weighted by molar-refractivity contribution is 0.601. The second kappa shape index (κ2) is 8.14. The highest BCUT2D eigenvalue weighted by molar-refractivity contribution is 14.0. The third kappa shape index (κ3) is 5.75. The van der Waals surface area contributed by atoms with Crippen molar-refractivity contribution in [1.29, 1.82) is 0 Å². The van der Waals surface area contributed by atoms with Gasteiger partial charge in [-0.05, 0) is 42.9 Å². The summed E-state index contributed by atoms with van der Waals surface area (Å²) in [5.41, 5.74) is 1.81. The highest BCUT2D eigenvalue weighted by Gasteiger charge is 2.21. The van der Waals surface area contributed by atoms with E-state index in [2.05, 4.69) is 15.6 Å². The van der Waals surface area contributed by atoms with Crippen LogP contribution in [0.15, 0.2) is 28.1 Å². The maximum Gasteiger partial charge on any atom is 0.191 e. The van der Waals surface area contributed by atoms with Gasteiger partial charge in [0.05, 0.1) is 4.90 Å². The molecule has 0 aliphatic heterocycles. The highest BCUT2D eigenvalue weighted by atomic mass is 127. The number of nitrogens with one attached hydrogen (secondary N) is 2. The summed E-state index contributed by atoms with van der Waals surface area (Å²) < 4.78 is 23.2. The van der Waals surface area contributed by atoms with Crippen LogP contribution in [0, 0.1) is 12.8 Å². The summed E-state index contributed by atoms with van der Waals surface area (Å²) in [6.07, 6.45) is 3.84. The van der Waals surface area contributed by atoms with E-state index < -0.39 is 9.84 Å². The molecule has 0 amide bonds. The number of rotatable bonds is 5. The Morgan fingerprint density at radius 1 is 1.32 bits per heavy atom. The molecule has 1 saturated carbocycles. The van der Waals surface area contributed by atoms with Crippen molar-refractivity contribution in [2.45, 2.75) is 31.2 Å². The van der Waals surface area contributed by atoms with E-state index in [9.17, 15) is 8.42 Å². The second-order valence-corrected chi connectivity index (χ2v) is 7.61. The molecule has 5 nitrogen and oxygen atoms in total. The zero-order valence-corrected chi connectivity index (χ0v) is 16.4. The molecule has 1 aromatic rings. The van der Waals surface area contributed by atoms with Gasteiger partial charge in [-0.3, -0.25) is 4.99 Å². The van der Waals surface area contributed by atoms with Crippen molar-refractivity contribution in [1.82, 2.24) is 10.6 Å². The van der Waals surface area contributed by atoms with Crippen LogP contribution in [-0.4, -0.2) is 34.2 Å². The zero-order valence-electron chi connectivity index (χ0n) is 13.2. The summed E-state index contributed by atoms with van der Waals surface area (Å²) in [6.45, 7) is 3.40. The Morgan fingerprint density at radius 3 is 2.50 bits per heavy atom. The SMILES string of the molecule is CN=C(NCc1ccc(S(C)(=O)=O)c(C)c1)NCC1CC1.I. The van der Waals surface area contributed by atoms with Gasteiger partial charge in [-0.1, -0.05) is 12.1 Å². The molecule has 1 aromatic carbocycles. The first-order valence-electron chi connectivity index (χ1n) is 7.14. The van der Waals surface area contributed by atoms with E-state index in [4.69, 9.17) is 0 Å². The van der Waals surface area contributed by atoms with E-state index in [-0.39, 0.29) is 24.0 Å². The Kier molecular flexibility index (Phi) is 7.11. The molecule has 1 aliphatic rings. The first kappa shape index (κ1) is 19.2. The van der Waals surface area contributed by atoms with Gasteiger partial charge in [-0.2, -0.15) is 0 Å². The van der Waals surface area contributed by atoms with Crippen molar-refractivity contribution in [2.24, 2.45) is 10.9 Å². The van der Waals surface area contributed by atoms with Gasteiger partial charge in [0, 0.05) is 26.4 Å². The lowest BCUT2D eigenvalue weighted by Gasteiger charge is -2.12. The van der Waals surface area contributed by atoms with Crippen LogP contribution in [0.2, 0.25) is 0 Å². The molecule has 2 rings (SSSR count). The minimum absolute atomic E-state index is 0. The number of sulfone groups is 1. The molecule has 0 bridgehead atoms. The molecule has 2 N–H and O–H groups in total. The zero-order chi connectivity index (χ0) is 15.5. The van der Waals surface area contributed by atoms with E-state index in [1.54, 1.807) is 13.1 Å². The van der Waals surface area contributed by atoms with Crippen LogP contribution in [0.4, 0.5) is 0 Å². The molecule has 0 unspecified atom stereocenters. The number of hydrogen-bond donors (Lipinski definition) is 2. The Hall–Kier alpha value is -0.830. The largest absolute Gasteiger partial charge is 0.356 e. The van der Waals surface area contributed by atoms with E-state index in [1.165, 1.54) is 19.1 Å². The molecule has 0 atom stereocenters. The van der Waals surface area contributed by atoms with Gasteiger partial charge >= 0.3 is 0 Å². The normalized spacial score (nSPS) is 15.1. The fraction of sp³-hybridized carbons (Fsp3) is 0.533. The molecule has 0 aromatic heterocycles. The molecular weight excluding hydrogens is 413 g/mol. The minimum Gasteiger partial charge on any atom is -0.356 e. The van der Waals surface area contributed by atoms with Gasteiger partial charge < -0.3 is 10.6 Å². The Bertz CT molecular complexity index is 640. The summed E-state index contributed by atoms with van der Waals surface area (Å²) in [4.78, 5) is 4.57. The molecular formula is C15H24IN3O2S. The van der Waals surface area contributed by atoms with Crippen LogP contribution in [0.5, 0.6) is 0 Å². The van der Waals surface area contributed by atoms with E-state index in [1.807, 2.05) is 19.1 Å². The van der Waals surface area contributed by atoms with Crippen LogP contribution in [0.25, 0.3) is 0 Å². The number of guanidine groups is 1. The van der Waals surface area contributed by atoms with Crippen LogP contribution in [0.3, 0.4) is 0 Å². The molecule has 22 heavy (non-hydrogen) atoms. The smallest absolute Gasteiger partial charge is 0.191 e. The molecule has 1 fully saturated rings. The van der Waals surface area contributed by atoms with Crippen molar-refractivity contribution >= 4 is 39.8 Å². The van der Waals surface area contributed by atoms with Gasteiger partial charge in [-0.15, -0.1) is 24.0 Å². The van der Waals surface area contributed by atoms with Crippen molar-refractivity contribution in [3.05, 3.63) is 29.3 Å². The molecule has 0 spiro atoms. The van der Waals surface area contributed by atoms with Crippen LogP contribution >= 0.6 is 24.0 Å². The van der Waals surface area contributed by atoms with Crippen molar-refractivity contribution in [3.8, 4) is 0 Å². The predicted molar refractivity (Wildman–Crippen MR) is 101 cm³/mol. The highest BCUT2D eigenvalue weighted by Crippen LogP contribution is 2.27. The number of aryl methyl sites for hydroxylation is 1. The summed E-state index contributed by atoms with van der Waals surface area (Å²) >= 11 is 0. The number of halogens is 1. The number of hydrogen-bond acceptors (Lipinski definition) is 3. The van der Waals surface area contributed by atoms with Gasteiger partial charge in [-0.25, -0.2) is 8.42 Å². The van der Waals surface area contributed by atoms with Crippen LogP contribution in [-0.2, 0) is 16.4 Å². The average molecular weight is 437 g/mol. The molecule has 0 saturated heterocycles. The maximum absolute atomic E-state index is 11.6. The number of aliphatic imine (C=N–C) groups is 1. The summed E-state index contributed by atoms with van der Waals surface area (Å²) in [6, 6.07) is 5.41. The predicted octanol–water partition coefficient (Wildman–Crippen LogP) is 2.09. The number of nitrogens with zero attached hydrogens (tertiary/aromatic N) is 1. The lowest BCUT2D eigenvalue weighted by Crippen LogP contribution is -2.37. The topological polar surface area (TPSA) is 70.6 Å². The molecule has 124 valence electrons. The Balaban J connectivity index is 0.00000242. The van der Waals surface area contributed by atoms with E-state index in [0.29, 0.717) is 11.4 Å². The first-order valence-corrected chi connectivity index (χ1v) is 9.03. The van der Waals surface area contributed by atoms with Crippen molar-refractivity contribution in [3.63, 3.8) is 0 Å². The fourth-order valence-corrected chi connectivity index (χ4v) is 3.17. The van der Waals surface area contributed by atoms with Crippen molar-refractivity contribution in [2.75, 3.05) is 19.8 Å². The van der Waals surface area contributed by atoms with Crippen LogP contribution < -0.4 is 10.6 Å². The Labute approximate surface area is 149 Å².